The predicted octanol–water partition coefficient (Wildman–Crippen LogP) is 5.51. The Morgan fingerprint density at radius 2 is 1.94 bits per heavy atom. The average Bonchev–Trinajstić information content (AvgIpc) is 3.44. The second-order valence-electron chi connectivity index (χ2n) is 8.27. The molecular formula is C24H24FN3O5S. The molecule has 1 aromatic heterocycles. The van der Waals surface area contributed by atoms with Crippen LogP contribution in [0.1, 0.15) is 51.0 Å². The van der Waals surface area contributed by atoms with Gasteiger partial charge in [0.25, 0.3) is 16.9 Å². The lowest BCUT2D eigenvalue weighted by Gasteiger charge is -2.31. The molecule has 34 heavy (non-hydrogen) atoms. The molecule has 2 aliphatic rings. The van der Waals surface area contributed by atoms with Gasteiger partial charge < -0.3 is 23.9 Å². The van der Waals surface area contributed by atoms with Crippen molar-refractivity contribution in [3.05, 3.63) is 54.2 Å². The highest BCUT2D eigenvalue weighted by molar-refractivity contribution is 7.99. The molecule has 0 radical (unpaired) electrons. The van der Waals surface area contributed by atoms with E-state index in [1.807, 2.05) is 6.07 Å². The molecule has 2 aromatic carbocycles. The van der Waals surface area contributed by atoms with E-state index < -0.39 is 17.7 Å². The fourth-order valence-electron chi connectivity index (χ4n) is 4.01. The lowest BCUT2D eigenvalue weighted by Crippen LogP contribution is -2.40. The number of amides is 1. The second-order valence-corrected chi connectivity index (χ2v) is 9.20. The van der Waals surface area contributed by atoms with Crippen LogP contribution < -0.4 is 19.5 Å². The van der Waals surface area contributed by atoms with Gasteiger partial charge >= 0.3 is 0 Å². The van der Waals surface area contributed by atoms with E-state index in [1.165, 1.54) is 18.6 Å². The summed E-state index contributed by atoms with van der Waals surface area (Å²) < 4.78 is 37.1. The number of thioether (sulfide) groups is 1. The summed E-state index contributed by atoms with van der Waals surface area (Å²) in [6.45, 7) is 1.68. The number of anilines is 1. The minimum absolute atomic E-state index is 0.0720. The van der Waals surface area contributed by atoms with Crippen LogP contribution in [0, 0.1) is 5.82 Å². The van der Waals surface area contributed by atoms with Crippen LogP contribution in [0.3, 0.4) is 0 Å². The van der Waals surface area contributed by atoms with E-state index in [9.17, 15) is 9.18 Å². The molecule has 2 heterocycles. The van der Waals surface area contributed by atoms with Crippen LogP contribution in [0.5, 0.6) is 17.2 Å². The van der Waals surface area contributed by atoms with Crippen LogP contribution in [-0.2, 0) is 4.79 Å². The SMILES string of the molecule is CC(Oc1ccccc1F)c1nnc(SCC(=O)Nc2ccc3c(c2)OC2(CCCCC2)O3)o1. The van der Waals surface area contributed by atoms with Gasteiger partial charge in [-0.05, 0) is 44.0 Å². The van der Waals surface area contributed by atoms with E-state index in [1.54, 1.807) is 31.2 Å². The first kappa shape index (κ1) is 22.5. The molecule has 1 fully saturated rings. The highest BCUT2D eigenvalue weighted by Crippen LogP contribution is 2.46. The maximum atomic E-state index is 13.8. The number of hydrogen-bond acceptors (Lipinski definition) is 8. The first-order chi connectivity index (χ1) is 16.5. The summed E-state index contributed by atoms with van der Waals surface area (Å²) in [4.78, 5) is 12.4. The van der Waals surface area contributed by atoms with Crippen LogP contribution in [0.15, 0.2) is 52.1 Å². The van der Waals surface area contributed by atoms with E-state index in [4.69, 9.17) is 18.6 Å². The number of halogens is 1. The molecule has 1 aliphatic carbocycles. The number of hydrogen-bond donors (Lipinski definition) is 1. The zero-order valence-corrected chi connectivity index (χ0v) is 19.4. The molecule has 1 amide bonds. The Balaban J connectivity index is 1.13. The highest BCUT2D eigenvalue weighted by atomic mass is 32.2. The highest BCUT2D eigenvalue weighted by Gasteiger charge is 2.42. The third-order valence-corrected chi connectivity index (χ3v) is 6.49. The van der Waals surface area contributed by atoms with Gasteiger partial charge in [-0.15, -0.1) is 10.2 Å². The normalized spacial score (nSPS) is 16.9. The van der Waals surface area contributed by atoms with Gasteiger partial charge in [0, 0.05) is 24.6 Å². The Morgan fingerprint density at radius 3 is 2.76 bits per heavy atom. The van der Waals surface area contributed by atoms with Gasteiger partial charge in [-0.1, -0.05) is 30.3 Å². The summed E-state index contributed by atoms with van der Waals surface area (Å²) in [6, 6.07) is 11.5. The van der Waals surface area contributed by atoms with Crippen LogP contribution >= 0.6 is 11.8 Å². The van der Waals surface area contributed by atoms with Crippen molar-refractivity contribution in [3.8, 4) is 17.2 Å². The molecule has 1 aliphatic heterocycles. The minimum Gasteiger partial charge on any atom is -0.478 e. The standard InChI is InChI=1S/C24H24FN3O5S/c1-15(30-18-8-4-3-7-17(18)25)22-27-28-23(31-22)34-14-21(29)26-16-9-10-19-20(13-16)33-24(32-19)11-5-2-6-12-24/h3-4,7-10,13,15H,2,5-6,11-12,14H2,1H3,(H,26,29). The van der Waals surface area contributed by atoms with Crippen LogP contribution in [0.25, 0.3) is 0 Å². The summed E-state index contributed by atoms with van der Waals surface area (Å²) in [5.41, 5.74) is 0.624. The fraction of sp³-hybridized carbons (Fsp3) is 0.375. The zero-order chi connectivity index (χ0) is 23.5. The summed E-state index contributed by atoms with van der Waals surface area (Å²) in [6.07, 6.45) is 4.46. The van der Waals surface area contributed by atoms with Crippen molar-refractivity contribution in [1.29, 1.82) is 0 Å². The first-order valence-electron chi connectivity index (χ1n) is 11.2. The van der Waals surface area contributed by atoms with Gasteiger partial charge in [0.15, 0.2) is 29.2 Å². The lowest BCUT2D eigenvalue weighted by atomic mass is 9.94. The summed E-state index contributed by atoms with van der Waals surface area (Å²) in [5.74, 6) is 0.463. The minimum atomic E-state index is -0.645. The largest absolute Gasteiger partial charge is 0.478 e. The molecule has 0 saturated heterocycles. The number of nitrogens with one attached hydrogen (secondary N) is 1. The summed E-state index contributed by atoms with van der Waals surface area (Å²) in [5, 5.41) is 10.9. The second kappa shape index (κ2) is 9.54. The number of para-hydroxylation sites is 1. The Bertz CT molecular complexity index is 1180. The number of carbonyl (C=O) groups excluding carboxylic acids is 1. The molecule has 1 saturated carbocycles. The van der Waals surface area contributed by atoms with Gasteiger partial charge in [0.1, 0.15) is 0 Å². The van der Waals surface area contributed by atoms with Gasteiger partial charge in [0.05, 0.1) is 5.75 Å². The third-order valence-electron chi connectivity index (χ3n) is 5.67. The van der Waals surface area contributed by atoms with Gasteiger partial charge in [-0.3, -0.25) is 4.79 Å². The molecule has 1 unspecified atom stereocenters. The number of benzene rings is 2. The molecule has 8 nitrogen and oxygen atoms in total. The monoisotopic (exact) mass is 485 g/mol. The number of nitrogens with zero attached hydrogens (tertiary/aromatic N) is 2. The van der Waals surface area contributed by atoms with Crippen molar-refractivity contribution >= 4 is 23.4 Å². The number of ether oxygens (including phenoxy) is 3. The molecule has 178 valence electrons. The summed E-state index contributed by atoms with van der Waals surface area (Å²) in [7, 11) is 0. The van der Waals surface area contributed by atoms with Gasteiger partial charge in [-0.2, -0.15) is 0 Å². The van der Waals surface area contributed by atoms with E-state index in [2.05, 4.69) is 15.5 Å². The molecule has 0 bridgehead atoms. The van der Waals surface area contributed by atoms with E-state index in [0.717, 1.165) is 37.4 Å². The van der Waals surface area contributed by atoms with E-state index in [0.29, 0.717) is 17.2 Å². The maximum Gasteiger partial charge on any atom is 0.277 e. The Labute approximate surface area is 200 Å². The quantitative estimate of drug-likeness (QED) is 0.438. The number of aromatic nitrogens is 2. The van der Waals surface area contributed by atoms with Crippen molar-refractivity contribution in [1.82, 2.24) is 10.2 Å². The third kappa shape index (κ3) is 4.96. The molecule has 10 heteroatoms. The zero-order valence-electron chi connectivity index (χ0n) is 18.6. The molecular weight excluding hydrogens is 461 g/mol. The van der Waals surface area contributed by atoms with Gasteiger partial charge in [0.2, 0.25) is 5.91 Å². The number of carbonyl (C=O) groups is 1. The Morgan fingerprint density at radius 1 is 1.15 bits per heavy atom. The molecule has 1 spiro atoms. The van der Waals surface area contributed by atoms with Gasteiger partial charge in [-0.25, -0.2) is 4.39 Å². The van der Waals surface area contributed by atoms with Crippen LogP contribution in [0.4, 0.5) is 10.1 Å². The van der Waals surface area contributed by atoms with E-state index >= 15 is 0 Å². The van der Waals surface area contributed by atoms with E-state index in [-0.39, 0.29) is 28.5 Å². The van der Waals surface area contributed by atoms with Crippen LogP contribution in [0.2, 0.25) is 0 Å². The lowest BCUT2D eigenvalue weighted by molar-refractivity contribution is -0.113. The first-order valence-corrected chi connectivity index (χ1v) is 12.2. The smallest absolute Gasteiger partial charge is 0.277 e. The fourth-order valence-corrected chi connectivity index (χ4v) is 4.58. The predicted molar refractivity (Wildman–Crippen MR) is 123 cm³/mol. The molecule has 1 atom stereocenters. The van der Waals surface area contributed by atoms with Crippen molar-refractivity contribution in [3.63, 3.8) is 0 Å². The number of rotatable bonds is 7. The Kier molecular flexibility index (Phi) is 6.32. The van der Waals surface area contributed by atoms with Crippen molar-refractivity contribution in [2.75, 3.05) is 11.1 Å². The Hall–Kier alpha value is -3.27. The van der Waals surface area contributed by atoms with Crippen molar-refractivity contribution in [2.45, 2.75) is 56.1 Å². The molecule has 5 rings (SSSR count). The molecule has 3 aromatic rings. The van der Waals surface area contributed by atoms with Crippen molar-refractivity contribution < 1.29 is 27.8 Å². The van der Waals surface area contributed by atoms with Crippen LogP contribution in [-0.4, -0.2) is 27.6 Å². The topological polar surface area (TPSA) is 95.7 Å². The number of fused-ring (bicyclic) bond motifs is 1. The summed E-state index contributed by atoms with van der Waals surface area (Å²) >= 11 is 1.10. The molecule has 1 N–H and O–H groups in total. The maximum absolute atomic E-state index is 13.8. The average molecular weight is 486 g/mol. The van der Waals surface area contributed by atoms with Crippen molar-refractivity contribution in [2.24, 2.45) is 0 Å².